The van der Waals surface area contributed by atoms with Crippen LogP contribution >= 0.6 is 38.5 Å². The zero-order valence-corrected chi connectivity index (χ0v) is 13.7. The highest BCUT2D eigenvalue weighted by atomic mass is 127. The molecule has 2 aromatic carbocycles. The van der Waals surface area contributed by atoms with E-state index in [9.17, 15) is 4.79 Å². The number of hydrogen-bond acceptors (Lipinski definition) is 2. The second kappa shape index (κ2) is 5.25. The Morgan fingerprint density at radius 3 is 2.89 bits per heavy atom. The highest BCUT2D eigenvalue weighted by Crippen LogP contribution is 2.28. The van der Waals surface area contributed by atoms with Crippen molar-refractivity contribution in [2.45, 2.75) is 6.42 Å². The first-order chi connectivity index (χ1) is 9.15. The number of ether oxygens (including phenoxy) is 1. The van der Waals surface area contributed by atoms with Crippen LogP contribution in [0.4, 0.5) is 0 Å². The van der Waals surface area contributed by atoms with Gasteiger partial charge in [-0.15, -0.1) is 0 Å². The van der Waals surface area contributed by atoms with E-state index in [1.54, 1.807) is 0 Å². The molecule has 1 aliphatic heterocycles. The van der Waals surface area contributed by atoms with Crippen LogP contribution in [0.5, 0.6) is 5.75 Å². The Kier molecular flexibility index (Phi) is 3.62. The quantitative estimate of drug-likeness (QED) is 0.528. The molecule has 0 N–H and O–H groups in total. The molecule has 0 saturated heterocycles. The van der Waals surface area contributed by atoms with Crippen molar-refractivity contribution in [3.05, 3.63) is 61.1 Å². The van der Waals surface area contributed by atoms with Crippen molar-refractivity contribution in [3.8, 4) is 5.75 Å². The van der Waals surface area contributed by atoms with Crippen LogP contribution in [0.25, 0.3) is 0 Å². The first kappa shape index (κ1) is 13.1. The van der Waals surface area contributed by atoms with Gasteiger partial charge in [-0.05, 0) is 64.6 Å². The Hall–Kier alpha value is -0.880. The zero-order valence-electron chi connectivity index (χ0n) is 9.95. The molecule has 96 valence electrons. The lowest BCUT2D eigenvalue weighted by Crippen LogP contribution is -2.04. The summed E-state index contributed by atoms with van der Waals surface area (Å²) < 4.78 is 7.34. The molecule has 0 spiro atoms. The maximum Gasteiger partial charge on any atom is 0.194 e. The van der Waals surface area contributed by atoms with Crippen molar-refractivity contribution in [2.75, 3.05) is 6.61 Å². The number of carbonyl (C=O) groups is 1. The van der Waals surface area contributed by atoms with E-state index >= 15 is 0 Å². The van der Waals surface area contributed by atoms with Crippen molar-refractivity contribution < 1.29 is 9.53 Å². The number of carbonyl (C=O) groups excluding carboxylic acids is 1. The summed E-state index contributed by atoms with van der Waals surface area (Å²) in [5, 5.41) is 0. The molecule has 0 bridgehead atoms. The van der Waals surface area contributed by atoms with Crippen molar-refractivity contribution in [2.24, 2.45) is 0 Å². The number of hydrogen-bond donors (Lipinski definition) is 0. The van der Waals surface area contributed by atoms with Gasteiger partial charge in [0.05, 0.1) is 6.61 Å². The van der Waals surface area contributed by atoms with Gasteiger partial charge in [0.15, 0.2) is 5.78 Å². The molecular formula is C15H10BrIO2. The molecule has 4 heteroatoms. The van der Waals surface area contributed by atoms with E-state index in [1.807, 2.05) is 36.4 Å². The van der Waals surface area contributed by atoms with Crippen LogP contribution < -0.4 is 4.74 Å². The predicted octanol–water partition coefficient (Wildman–Crippen LogP) is 4.22. The molecule has 0 aromatic heterocycles. The van der Waals surface area contributed by atoms with E-state index in [2.05, 4.69) is 38.5 Å². The maximum absolute atomic E-state index is 12.6. The van der Waals surface area contributed by atoms with Gasteiger partial charge in [0.1, 0.15) is 5.75 Å². The van der Waals surface area contributed by atoms with Crippen LogP contribution in [0.2, 0.25) is 0 Å². The summed E-state index contributed by atoms with van der Waals surface area (Å²) in [4.78, 5) is 12.6. The predicted molar refractivity (Wildman–Crippen MR) is 85.9 cm³/mol. The van der Waals surface area contributed by atoms with E-state index in [4.69, 9.17) is 4.74 Å². The molecule has 19 heavy (non-hydrogen) atoms. The molecule has 1 heterocycles. The van der Waals surface area contributed by atoms with E-state index in [1.165, 1.54) is 0 Å². The first-order valence-electron chi connectivity index (χ1n) is 5.90. The highest BCUT2D eigenvalue weighted by Gasteiger charge is 2.17. The van der Waals surface area contributed by atoms with Gasteiger partial charge in [-0.1, -0.05) is 15.9 Å². The third-order valence-corrected chi connectivity index (χ3v) is 4.56. The van der Waals surface area contributed by atoms with Gasteiger partial charge in [0.25, 0.3) is 0 Å². The summed E-state index contributed by atoms with van der Waals surface area (Å²) in [5.41, 5.74) is 2.57. The van der Waals surface area contributed by atoms with Crippen LogP contribution in [0.3, 0.4) is 0 Å². The smallest absolute Gasteiger partial charge is 0.194 e. The third-order valence-electron chi connectivity index (χ3n) is 3.12. The monoisotopic (exact) mass is 428 g/mol. The standard InChI is InChI=1S/C15H10BrIO2/c16-11-2-3-13(17)12(8-11)15(18)10-1-4-14-9(7-10)5-6-19-14/h1-4,7-8H,5-6H2. The minimum Gasteiger partial charge on any atom is -0.493 e. The van der Waals surface area contributed by atoms with Gasteiger partial charge in [-0.3, -0.25) is 4.79 Å². The normalized spacial score (nSPS) is 12.9. The molecule has 0 fully saturated rings. The molecule has 2 nitrogen and oxygen atoms in total. The molecule has 1 aliphatic rings. The van der Waals surface area contributed by atoms with Crippen LogP contribution in [0.15, 0.2) is 40.9 Å². The van der Waals surface area contributed by atoms with Gasteiger partial charge in [-0.25, -0.2) is 0 Å². The summed E-state index contributed by atoms with van der Waals surface area (Å²) >= 11 is 5.60. The van der Waals surface area contributed by atoms with E-state index in [-0.39, 0.29) is 5.78 Å². The van der Waals surface area contributed by atoms with Crippen molar-refractivity contribution in [1.82, 2.24) is 0 Å². The van der Waals surface area contributed by atoms with E-state index in [0.717, 1.165) is 36.9 Å². The first-order valence-corrected chi connectivity index (χ1v) is 7.78. The Balaban J connectivity index is 2.02. The molecule has 0 radical (unpaired) electrons. The van der Waals surface area contributed by atoms with Crippen molar-refractivity contribution in [3.63, 3.8) is 0 Å². The van der Waals surface area contributed by atoms with Gasteiger partial charge in [-0.2, -0.15) is 0 Å². The average molecular weight is 429 g/mol. The lowest BCUT2D eigenvalue weighted by Gasteiger charge is -2.06. The van der Waals surface area contributed by atoms with Gasteiger partial charge < -0.3 is 4.74 Å². The minimum atomic E-state index is 0.0559. The lowest BCUT2D eigenvalue weighted by atomic mass is 10.0. The highest BCUT2D eigenvalue weighted by molar-refractivity contribution is 14.1. The zero-order chi connectivity index (χ0) is 13.4. The fraction of sp³-hybridized carbons (Fsp3) is 0.133. The number of fused-ring (bicyclic) bond motifs is 1. The summed E-state index contributed by atoms with van der Waals surface area (Å²) in [6.45, 7) is 0.710. The van der Waals surface area contributed by atoms with E-state index < -0.39 is 0 Å². The third kappa shape index (κ3) is 2.56. The molecule has 0 aliphatic carbocycles. The van der Waals surface area contributed by atoms with Crippen LogP contribution in [-0.2, 0) is 6.42 Å². The van der Waals surface area contributed by atoms with Crippen molar-refractivity contribution >= 4 is 44.3 Å². The number of rotatable bonds is 2. The molecule has 0 saturated carbocycles. The van der Waals surface area contributed by atoms with Gasteiger partial charge in [0.2, 0.25) is 0 Å². The Morgan fingerprint density at radius 1 is 1.21 bits per heavy atom. The fourth-order valence-corrected chi connectivity index (χ4v) is 3.10. The van der Waals surface area contributed by atoms with Crippen LogP contribution in [0, 0.1) is 3.57 Å². The number of halogens is 2. The molecule has 0 amide bonds. The minimum absolute atomic E-state index is 0.0559. The Bertz CT molecular complexity index is 667. The SMILES string of the molecule is O=C(c1ccc2c(c1)CCO2)c1cc(Br)ccc1I. The summed E-state index contributed by atoms with van der Waals surface area (Å²) in [6, 6.07) is 11.4. The van der Waals surface area contributed by atoms with Gasteiger partial charge in [0, 0.05) is 25.6 Å². The number of ketones is 1. The Labute approximate surface area is 133 Å². The second-order valence-electron chi connectivity index (χ2n) is 4.37. The fourth-order valence-electron chi connectivity index (χ4n) is 2.15. The molecule has 0 atom stereocenters. The van der Waals surface area contributed by atoms with Crippen LogP contribution in [-0.4, -0.2) is 12.4 Å². The largest absolute Gasteiger partial charge is 0.493 e. The summed E-state index contributed by atoms with van der Waals surface area (Å²) in [6.07, 6.45) is 0.881. The average Bonchev–Trinajstić information content (AvgIpc) is 2.88. The second-order valence-corrected chi connectivity index (χ2v) is 6.45. The molecule has 3 rings (SSSR count). The topological polar surface area (TPSA) is 26.3 Å². The van der Waals surface area contributed by atoms with Crippen molar-refractivity contribution in [1.29, 1.82) is 0 Å². The Morgan fingerprint density at radius 2 is 2.05 bits per heavy atom. The molecule has 0 unspecified atom stereocenters. The lowest BCUT2D eigenvalue weighted by molar-refractivity contribution is 0.103. The molecule has 2 aromatic rings. The summed E-state index contributed by atoms with van der Waals surface area (Å²) in [5.74, 6) is 0.959. The van der Waals surface area contributed by atoms with Gasteiger partial charge >= 0.3 is 0 Å². The van der Waals surface area contributed by atoms with E-state index in [0.29, 0.717) is 6.61 Å². The number of benzene rings is 2. The van der Waals surface area contributed by atoms with Crippen LogP contribution in [0.1, 0.15) is 21.5 Å². The maximum atomic E-state index is 12.6. The molecular weight excluding hydrogens is 419 g/mol. The summed E-state index contributed by atoms with van der Waals surface area (Å²) in [7, 11) is 0.